The second kappa shape index (κ2) is 7.56. The molecule has 2 aliphatic rings. The van der Waals surface area contributed by atoms with Crippen molar-refractivity contribution in [2.24, 2.45) is 0 Å². The number of hydrogen-bond acceptors (Lipinski definition) is 6. The van der Waals surface area contributed by atoms with E-state index in [9.17, 15) is 33.7 Å². The first-order valence-electron chi connectivity index (χ1n) is 11.7. The lowest BCUT2D eigenvalue weighted by atomic mass is 9.96. The maximum atomic E-state index is 14.5. The molecule has 3 aromatic carbocycles. The number of carbonyl (C=O) groups excluding carboxylic acids is 2. The molecule has 2 amide bonds. The topological polar surface area (TPSA) is 137 Å². The highest BCUT2D eigenvalue weighted by Gasteiger charge is 2.41. The van der Waals surface area contributed by atoms with Crippen molar-refractivity contribution in [1.29, 1.82) is 0 Å². The first-order chi connectivity index (χ1) is 17.8. The molecule has 5 N–H and O–H groups in total. The Hall–Kier alpha value is -3.90. The monoisotopic (exact) mass is 507 g/mol. The van der Waals surface area contributed by atoms with Crippen LogP contribution >= 0.6 is 0 Å². The minimum Gasteiger partial charge on any atom is -0.394 e. The number of benzene rings is 3. The summed E-state index contributed by atoms with van der Waals surface area (Å²) in [5, 5.41) is 34.7. The van der Waals surface area contributed by atoms with Gasteiger partial charge >= 0.3 is 0 Å². The lowest BCUT2D eigenvalue weighted by molar-refractivity contribution is -0.202. The minimum absolute atomic E-state index is 0.00318. The molecule has 0 radical (unpaired) electrons. The van der Waals surface area contributed by atoms with Crippen LogP contribution in [0.2, 0.25) is 0 Å². The number of hydrogen-bond donors (Lipinski definition) is 5. The van der Waals surface area contributed by atoms with E-state index in [4.69, 9.17) is 4.74 Å². The minimum atomic E-state index is -1.44. The number of halogens is 2. The number of nitrogens with one attached hydrogen (secondary N) is 2. The molecule has 37 heavy (non-hydrogen) atoms. The highest BCUT2D eigenvalue weighted by atomic mass is 19.1. The van der Waals surface area contributed by atoms with Gasteiger partial charge in [0.1, 0.15) is 17.7 Å². The van der Waals surface area contributed by atoms with E-state index in [1.165, 1.54) is 41.0 Å². The molecular weight excluding hydrogens is 488 g/mol. The average Bonchev–Trinajstić information content (AvgIpc) is 3.49. The summed E-state index contributed by atoms with van der Waals surface area (Å²) in [7, 11) is 0. The quantitative estimate of drug-likeness (QED) is 0.233. The Labute approximate surface area is 205 Å². The van der Waals surface area contributed by atoms with Crippen molar-refractivity contribution in [1.82, 2.24) is 14.9 Å². The van der Waals surface area contributed by atoms with Crippen molar-refractivity contribution in [2.75, 3.05) is 6.61 Å². The maximum Gasteiger partial charge on any atom is 0.259 e. The number of aliphatic hydroxyl groups is 3. The molecule has 0 unspecified atom stereocenters. The summed E-state index contributed by atoms with van der Waals surface area (Å²) in [5.41, 5.74) is 1.51. The number of imide groups is 1. The molecule has 0 spiro atoms. The fraction of sp³-hybridized carbons (Fsp3) is 0.231. The van der Waals surface area contributed by atoms with Crippen LogP contribution in [0.4, 0.5) is 8.78 Å². The van der Waals surface area contributed by atoms with Crippen molar-refractivity contribution in [2.45, 2.75) is 31.0 Å². The van der Waals surface area contributed by atoms with Crippen LogP contribution in [0, 0.1) is 11.6 Å². The predicted molar refractivity (Wildman–Crippen MR) is 128 cm³/mol. The van der Waals surface area contributed by atoms with Crippen LogP contribution in [0.15, 0.2) is 36.4 Å². The van der Waals surface area contributed by atoms with Gasteiger partial charge in [-0.1, -0.05) is 0 Å². The summed E-state index contributed by atoms with van der Waals surface area (Å²) < 4.78 is 36.4. The molecule has 4 atom stereocenters. The van der Waals surface area contributed by atoms with Gasteiger partial charge in [-0.25, -0.2) is 8.78 Å². The lowest BCUT2D eigenvalue weighted by Crippen LogP contribution is -2.46. The Morgan fingerprint density at radius 3 is 2.38 bits per heavy atom. The first kappa shape index (κ1) is 22.3. The summed E-state index contributed by atoms with van der Waals surface area (Å²) in [6, 6.07) is 7.87. The third-order valence-electron chi connectivity index (χ3n) is 7.37. The van der Waals surface area contributed by atoms with Gasteiger partial charge in [-0.3, -0.25) is 14.9 Å². The van der Waals surface area contributed by atoms with Crippen molar-refractivity contribution in [3.05, 3.63) is 59.2 Å². The smallest absolute Gasteiger partial charge is 0.259 e. The van der Waals surface area contributed by atoms with Gasteiger partial charge in [0.05, 0.1) is 46.5 Å². The summed E-state index contributed by atoms with van der Waals surface area (Å²) >= 11 is 0. The Morgan fingerprint density at radius 2 is 1.65 bits per heavy atom. The fourth-order valence-electron chi connectivity index (χ4n) is 5.85. The molecule has 11 heteroatoms. The molecule has 7 rings (SSSR count). The molecule has 0 saturated carbocycles. The zero-order valence-electron chi connectivity index (χ0n) is 19.0. The van der Waals surface area contributed by atoms with Crippen LogP contribution in [0.5, 0.6) is 0 Å². The number of nitrogens with zero attached hydrogens (tertiary/aromatic N) is 1. The van der Waals surface area contributed by atoms with E-state index in [-0.39, 0.29) is 33.7 Å². The van der Waals surface area contributed by atoms with Crippen LogP contribution in [0.1, 0.15) is 33.4 Å². The van der Waals surface area contributed by atoms with Crippen molar-refractivity contribution in [3.8, 4) is 0 Å². The molecule has 1 fully saturated rings. The molecule has 0 aliphatic carbocycles. The third-order valence-corrected chi connectivity index (χ3v) is 7.37. The first-order valence-corrected chi connectivity index (χ1v) is 11.7. The number of aromatic amines is 1. The maximum absolute atomic E-state index is 14.5. The van der Waals surface area contributed by atoms with Crippen molar-refractivity contribution < 1.29 is 38.4 Å². The number of aliphatic hydroxyl groups excluding tert-OH is 3. The Morgan fingerprint density at radius 1 is 0.973 bits per heavy atom. The zero-order chi connectivity index (χ0) is 25.7. The van der Waals surface area contributed by atoms with E-state index in [1.54, 1.807) is 0 Å². The number of fused-ring (bicyclic) bond motifs is 10. The SMILES string of the molecule is O=C1NC(=O)c2c1c1c3cc(F)ccc3[nH]c1c1c2c2cc(F)ccc2n1[C@@H]1O[C@H](CO)C[C@H](O)[C@H]1O. The van der Waals surface area contributed by atoms with E-state index in [1.807, 2.05) is 0 Å². The van der Waals surface area contributed by atoms with Crippen LogP contribution in [0.25, 0.3) is 43.6 Å². The Balaban J connectivity index is 1.73. The summed E-state index contributed by atoms with van der Waals surface area (Å²) in [5.74, 6) is -2.50. The third kappa shape index (κ3) is 2.90. The van der Waals surface area contributed by atoms with Crippen molar-refractivity contribution >= 4 is 55.4 Å². The fourth-order valence-corrected chi connectivity index (χ4v) is 5.85. The Bertz CT molecular complexity index is 1830. The number of rotatable bonds is 2. The van der Waals surface area contributed by atoms with Gasteiger partial charge in [0.2, 0.25) is 0 Å². The number of ether oxygens (including phenoxy) is 1. The molecule has 9 nitrogen and oxygen atoms in total. The van der Waals surface area contributed by atoms with Gasteiger partial charge in [-0.2, -0.15) is 0 Å². The number of H-pyrrole nitrogens is 1. The number of aromatic nitrogens is 2. The van der Waals surface area contributed by atoms with E-state index in [2.05, 4.69) is 10.3 Å². The molecule has 0 bridgehead atoms. The number of carbonyl (C=O) groups is 2. The molecule has 188 valence electrons. The van der Waals surface area contributed by atoms with E-state index in [0.29, 0.717) is 27.5 Å². The van der Waals surface area contributed by atoms with Crippen LogP contribution in [-0.2, 0) is 4.74 Å². The summed E-state index contributed by atoms with van der Waals surface area (Å²) in [6.45, 7) is -0.417. The normalized spacial score (nSPS) is 24.0. The Kier molecular flexibility index (Phi) is 4.56. The highest BCUT2D eigenvalue weighted by molar-refractivity contribution is 6.39. The second-order valence-electron chi connectivity index (χ2n) is 9.48. The largest absolute Gasteiger partial charge is 0.394 e. The van der Waals surface area contributed by atoms with Gasteiger partial charge < -0.3 is 29.6 Å². The molecule has 2 aliphatic heterocycles. The van der Waals surface area contributed by atoms with Crippen LogP contribution in [-0.4, -0.2) is 61.6 Å². The molecular formula is C26H19F2N3O6. The average molecular weight is 507 g/mol. The van der Waals surface area contributed by atoms with Gasteiger partial charge in [-0.15, -0.1) is 0 Å². The van der Waals surface area contributed by atoms with E-state index in [0.717, 1.165) is 0 Å². The molecule has 1 saturated heterocycles. The van der Waals surface area contributed by atoms with Crippen LogP contribution < -0.4 is 5.32 Å². The molecule has 4 heterocycles. The lowest BCUT2D eigenvalue weighted by Gasteiger charge is -2.38. The van der Waals surface area contributed by atoms with Crippen molar-refractivity contribution in [3.63, 3.8) is 0 Å². The number of amides is 2. The van der Waals surface area contributed by atoms with Gasteiger partial charge in [-0.05, 0) is 36.4 Å². The highest BCUT2D eigenvalue weighted by Crippen LogP contribution is 2.46. The van der Waals surface area contributed by atoms with Crippen LogP contribution in [0.3, 0.4) is 0 Å². The van der Waals surface area contributed by atoms with E-state index < -0.39 is 54.6 Å². The summed E-state index contributed by atoms with van der Waals surface area (Å²) in [6.07, 6.45) is -4.73. The van der Waals surface area contributed by atoms with Gasteiger partial charge in [0.15, 0.2) is 6.23 Å². The summed E-state index contributed by atoms with van der Waals surface area (Å²) in [4.78, 5) is 29.3. The zero-order valence-corrected chi connectivity index (χ0v) is 19.0. The second-order valence-corrected chi connectivity index (χ2v) is 9.48. The standard InChI is InChI=1S/C26H19F2N3O6/c27-9-1-3-14-12(5-9)17-19-20(25(36)30-24(19)35)18-13-6-10(28)2-4-15(13)31(22(18)21(17)29-14)26-23(34)16(33)7-11(8-32)37-26/h1-6,11,16,23,26,29,32-34H,7-8H2,(H,30,35,36)/t11-,16-,23+,26+/m0/s1. The predicted octanol–water partition coefficient (Wildman–Crippen LogP) is 2.59. The van der Waals surface area contributed by atoms with E-state index >= 15 is 0 Å². The molecule has 2 aromatic heterocycles. The molecule has 5 aromatic rings. The van der Waals surface area contributed by atoms with Gasteiger partial charge in [0, 0.05) is 33.5 Å². The van der Waals surface area contributed by atoms with Gasteiger partial charge in [0.25, 0.3) is 11.8 Å².